The summed E-state index contributed by atoms with van der Waals surface area (Å²) in [5.74, 6) is 5.34. The predicted molar refractivity (Wildman–Crippen MR) is 158 cm³/mol. The monoisotopic (exact) mass is 628 g/mol. The second-order valence-electron chi connectivity index (χ2n) is 11.0. The number of aryl methyl sites for hydroxylation is 1. The van der Waals surface area contributed by atoms with Crippen LogP contribution in [0.4, 0.5) is 32.0 Å². The van der Waals surface area contributed by atoms with Crippen LogP contribution in [0.15, 0.2) is 59.7 Å². The number of amides is 1. The minimum Gasteiger partial charge on any atom is -0.356 e. The molecule has 0 saturated carbocycles. The Kier molecular flexibility index (Phi) is 9.18. The maximum Gasteiger partial charge on any atom is 0.416 e. The standard InChI is InChI=1S/C32H30F6N6O/c1-20-3-6-23(15-22(20)7-4-21-5-10-27(39-17-21)29-40-18-28(42-29)32(36,37)38)30(45)41-25-9-8-24(26(16-25)31(33,34)35)19-44-13-11-43(2)12-14-44/h3,5-6,8-10,15-17,28H,11-14,18-19H2,1-2H3,(H,40,42)(H,41,45). The molecule has 1 atom stereocenters. The molecule has 2 N–H and O–H groups in total. The normalized spacial score (nSPS) is 17.7. The van der Waals surface area contributed by atoms with E-state index in [4.69, 9.17) is 0 Å². The maximum atomic E-state index is 14.0. The fourth-order valence-corrected chi connectivity index (χ4v) is 4.93. The molecule has 0 aliphatic carbocycles. The molecule has 1 aromatic heterocycles. The third-order valence-corrected chi connectivity index (χ3v) is 7.65. The van der Waals surface area contributed by atoms with Gasteiger partial charge in [0.1, 0.15) is 17.6 Å². The molecule has 1 amide bonds. The third kappa shape index (κ3) is 8.01. The Bertz CT molecular complexity index is 1650. The summed E-state index contributed by atoms with van der Waals surface area (Å²) in [6.07, 6.45) is -7.60. The lowest BCUT2D eigenvalue weighted by atomic mass is 10.0. The first-order valence-corrected chi connectivity index (χ1v) is 14.2. The van der Waals surface area contributed by atoms with E-state index in [1.165, 1.54) is 24.4 Å². The van der Waals surface area contributed by atoms with Crippen LogP contribution in [0.2, 0.25) is 0 Å². The van der Waals surface area contributed by atoms with Gasteiger partial charge in [-0.3, -0.25) is 19.7 Å². The number of halogens is 6. The molecule has 236 valence electrons. The van der Waals surface area contributed by atoms with Gasteiger partial charge in [0.2, 0.25) is 0 Å². The van der Waals surface area contributed by atoms with Crippen LogP contribution in [0, 0.1) is 18.8 Å². The van der Waals surface area contributed by atoms with E-state index in [0.29, 0.717) is 24.2 Å². The van der Waals surface area contributed by atoms with Gasteiger partial charge in [0.25, 0.3) is 5.91 Å². The highest BCUT2D eigenvalue weighted by Crippen LogP contribution is 2.35. The number of alkyl halides is 6. The number of carbonyl (C=O) groups excluding carboxylic acids is 1. The van der Waals surface area contributed by atoms with Crippen molar-refractivity contribution in [2.75, 3.05) is 45.1 Å². The molecule has 2 aliphatic rings. The van der Waals surface area contributed by atoms with E-state index < -0.39 is 36.4 Å². The van der Waals surface area contributed by atoms with Gasteiger partial charge in [-0.15, -0.1) is 0 Å². The average Bonchev–Trinajstić information content (AvgIpc) is 3.50. The number of nitrogens with one attached hydrogen (secondary N) is 2. The van der Waals surface area contributed by atoms with Crippen LogP contribution in [0.25, 0.3) is 0 Å². The molecule has 0 bridgehead atoms. The molecular formula is C32H30F6N6O. The molecule has 3 heterocycles. The SMILES string of the molecule is Cc1ccc(C(=O)Nc2ccc(CN3CCN(C)CC3)c(C(F)(F)F)c2)cc1C#Cc1ccc(C2=NCC(C(F)(F)F)N2)nc1. The van der Waals surface area contributed by atoms with Crippen molar-refractivity contribution >= 4 is 17.4 Å². The van der Waals surface area contributed by atoms with Gasteiger partial charge in [-0.2, -0.15) is 26.3 Å². The molecule has 2 aromatic carbocycles. The molecule has 0 spiro atoms. The Hall–Kier alpha value is -4.41. The fourth-order valence-electron chi connectivity index (χ4n) is 4.93. The van der Waals surface area contributed by atoms with Gasteiger partial charge in [-0.25, -0.2) is 0 Å². The average molecular weight is 629 g/mol. The summed E-state index contributed by atoms with van der Waals surface area (Å²) in [5.41, 5.74) is 1.61. The van der Waals surface area contributed by atoms with Crippen LogP contribution in [-0.2, 0) is 12.7 Å². The number of amidine groups is 1. The summed E-state index contributed by atoms with van der Waals surface area (Å²) < 4.78 is 80.7. The van der Waals surface area contributed by atoms with E-state index in [1.54, 1.807) is 31.2 Å². The van der Waals surface area contributed by atoms with E-state index in [2.05, 4.69) is 37.4 Å². The van der Waals surface area contributed by atoms with Gasteiger partial charge in [0, 0.05) is 61.3 Å². The summed E-state index contributed by atoms with van der Waals surface area (Å²) in [4.78, 5) is 25.2. The van der Waals surface area contributed by atoms with E-state index in [-0.39, 0.29) is 34.9 Å². The summed E-state index contributed by atoms with van der Waals surface area (Å²) in [6, 6.07) is 9.98. The lowest BCUT2D eigenvalue weighted by Gasteiger charge is -2.33. The molecule has 13 heteroatoms. The molecule has 2 aliphatic heterocycles. The van der Waals surface area contributed by atoms with Crippen molar-refractivity contribution in [1.29, 1.82) is 0 Å². The number of pyridine rings is 1. The molecular weight excluding hydrogens is 598 g/mol. The minimum absolute atomic E-state index is 0.0248. The van der Waals surface area contributed by atoms with Crippen LogP contribution in [0.5, 0.6) is 0 Å². The highest BCUT2D eigenvalue weighted by atomic mass is 19.4. The molecule has 5 rings (SSSR count). The number of hydrogen-bond donors (Lipinski definition) is 2. The third-order valence-electron chi connectivity index (χ3n) is 7.65. The Balaban J connectivity index is 1.27. The van der Waals surface area contributed by atoms with E-state index in [0.717, 1.165) is 24.7 Å². The van der Waals surface area contributed by atoms with Crippen LogP contribution in [0.3, 0.4) is 0 Å². The zero-order chi connectivity index (χ0) is 32.4. The van der Waals surface area contributed by atoms with Gasteiger partial charge in [-0.1, -0.05) is 24.0 Å². The van der Waals surface area contributed by atoms with E-state index in [9.17, 15) is 31.1 Å². The number of piperazine rings is 1. The highest BCUT2D eigenvalue weighted by Gasteiger charge is 2.42. The summed E-state index contributed by atoms with van der Waals surface area (Å²) in [6.45, 7) is 4.45. The lowest BCUT2D eigenvalue weighted by molar-refractivity contribution is -0.147. The van der Waals surface area contributed by atoms with Gasteiger partial charge in [-0.05, 0) is 61.5 Å². The van der Waals surface area contributed by atoms with Crippen LogP contribution in [-0.4, -0.2) is 78.5 Å². The Morgan fingerprint density at radius 1 is 1.00 bits per heavy atom. The van der Waals surface area contributed by atoms with Crippen molar-refractivity contribution in [2.24, 2.45) is 4.99 Å². The zero-order valence-electron chi connectivity index (χ0n) is 24.5. The zero-order valence-corrected chi connectivity index (χ0v) is 24.5. The number of likely N-dealkylation sites (N-methyl/N-ethyl adjacent to an activating group) is 1. The Morgan fingerprint density at radius 3 is 2.40 bits per heavy atom. The molecule has 1 unspecified atom stereocenters. The largest absolute Gasteiger partial charge is 0.416 e. The minimum atomic E-state index is -4.59. The van der Waals surface area contributed by atoms with Crippen LogP contribution < -0.4 is 10.6 Å². The Morgan fingerprint density at radius 2 is 1.76 bits per heavy atom. The molecule has 0 radical (unpaired) electrons. The number of aliphatic imine (C=N–C) groups is 1. The van der Waals surface area contributed by atoms with Crippen LogP contribution >= 0.6 is 0 Å². The number of rotatable bonds is 5. The number of hydrogen-bond acceptors (Lipinski definition) is 6. The second kappa shape index (κ2) is 12.9. The van der Waals surface area contributed by atoms with Crippen molar-refractivity contribution in [3.05, 3.63) is 93.8 Å². The second-order valence-corrected chi connectivity index (χ2v) is 11.0. The summed E-state index contributed by atoms with van der Waals surface area (Å²) >= 11 is 0. The van der Waals surface area contributed by atoms with Crippen LogP contribution in [0.1, 0.15) is 43.9 Å². The topological polar surface area (TPSA) is 72.9 Å². The highest BCUT2D eigenvalue weighted by molar-refractivity contribution is 6.04. The molecule has 1 saturated heterocycles. The molecule has 3 aromatic rings. The number of carbonyl (C=O) groups is 1. The van der Waals surface area contributed by atoms with Gasteiger partial charge < -0.3 is 15.5 Å². The van der Waals surface area contributed by atoms with Crippen molar-refractivity contribution < 1.29 is 31.1 Å². The van der Waals surface area contributed by atoms with Gasteiger partial charge in [0.05, 0.1) is 12.1 Å². The van der Waals surface area contributed by atoms with Crippen molar-refractivity contribution in [1.82, 2.24) is 20.1 Å². The molecule has 1 fully saturated rings. The summed E-state index contributed by atoms with van der Waals surface area (Å²) in [5, 5.41) is 4.89. The van der Waals surface area contributed by atoms with Gasteiger partial charge in [0.15, 0.2) is 0 Å². The molecule has 7 nitrogen and oxygen atoms in total. The lowest BCUT2D eigenvalue weighted by Crippen LogP contribution is -2.44. The van der Waals surface area contributed by atoms with E-state index in [1.807, 2.05) is 11.9 Å². The first-order valence-electron chi connectivity index (χ1n) is 14.2. The van der Waals surface area contributed by atoms with Crippen molar-refractivity contribution in [3.8, 4) is 11.8 Å². The smallest absolute Gasteiger partial charge is 0.356 e. The van der Waals surface area contributed by atoms with E-state index >= 15 is 0 Å². The fraction of sp³-hybridized carbons (Fsp3) is 0.344. The molecule has 45 heavy (non-hydrogen) atoms. The number of benzene rings is 2. The quantitative estimate of drug-likeness (QED) is 0.305. The number of nitrogens with zero attached hydrogens (tertiary/aromatic N) is 4. The first-order chi connectivity index (χ1) is 21.3. The van der Waals surface area contributed by atoms with Gasteiger partial charge >= 0.3 is 12.4 Å². The van der Waals surface area contributed by atoms with Crippen molar-refractivity contribution in [2.45, 2.75) is 31.9 Å². The first kappa shape index (κ1) is 32.0. The maximum absolute atomic E-state index is 14.0. The van der Waals surface area contributed by atoms with Crippen molar-refractivity contribution in [3.63, 3.8) is 0 Å². The Labute approximate surface area is 256 Å². The predicted octanol–water partition coefficient (Wildman–Crippen LogP) is 5.09. The number of anilines is 1. The summed E-state index contributed by atoms with van der Waals surface area (Å²) in [7, 11) is 1.98. The number of aromatic nitrogens is 1.